The van der Waals surface area contributed by atoms with Crippen LogP contribution in [-0.4, -0.2) is 11.7 Å². The topological polar surface area (TPSA) is 20.2 Å². The average Bonchev–Trinajstić information content (AvgIpc) is 3.11. The molecular weight excluding hydrogens is 363 g/mol. The molecule has 4 rings (SSSR count). The molecule has 6 atom stereocenters. The third kappa shape index (κ3) is 3.65. The zero-order valence-electron chi connectivity index (χ0n) is 14.1. The van der Waals surface area contributed by atoms with Crippen molar-refractivity contribution in [2.75, 3.05) is 6.61 Å². The molecule has 0 saturated heterocycles. The van der Waals surface area contributed by atoms with Crippen molar-refractivity contribution < 1.29 is 22.1 Å². The predicted molar refractivity (Wildman–Crippen MR) is 95.7 cm³/mol. The Morgan fingerprint density at radius 3 is 2.43 bits per heavy atom. The molecule has 1 nitrogen and oxygen atoms in total. The molecule has 23 heavy (non-hydrogen) atoms. The first-order chi connectivity index (χ1) is 10.8. The number of fused-ring (bicyclic) bond motifs is 4. The second-order valence-corrected chi connectivity index (χ2v) is 10.1. The SMILES string of the molecule is OC[C@@H]1CCC[C@@]12CCCC1C3C=CC=CC3CC12.[CH3-].[Cl][Ti][Cl]. The number of hydrogen-bond acceptors (Lipinski definition) is 1. The minimum atomic E-state index is -0.556. The second-order valence-electron chi connectivity index (χ2n) is 7.49. The van der Waals surface area contributed by atoms with Crippen LogP contribution in [0, 0.1) is 42.4 Å². The molecule has 4 aliphatic carbocycles. The zero-order chi connectivity index (χ0) is 15.6. The van der Waals surface area contributed by atoms with Crippen molar-refractivity contribution in [1.29, 1.82) is 0 Å². The van der Waals surface area contributed by atoms with Gasteiger partial charge in [-0.3, -0.25) is 0 Å². The molecule has 3 fully saturated rings. The Kier molecular flexibility index (Phi) is 7.76. The third-order valence-corrected chi connectivity index (χ3v) is 6.98. The molecule has 0 aromatic carbocycles. The molecule has 0 aliphatic heterocycles. The van der Waals surface area contributed by atoms with Crippen molar-refractivity contribution in [3.63, 3.8) is 0 Å². The van der Waals surface area contributed by atoms with Gasteiger partial charge in [-0.05, 0) is 67.1 Å². The van der Waals surface area contributed by atoms with Gasteiger partial charge in [-0.25, -0.2) is 0 Å². The van der Waals surface area contributed by atoms with Gasteiger partial charge in [-0.1, -0.05) is 37.1 Å². The van der Waals surface area contributed by atoms with Gasteiger partial charge in [0.25, 0.3) is 0 Å². The Morgan fingerprint density at radius 1 is 1.09 bits per heavy atom. The number of hydrogen-bond donors (Lipinski definition) is 1. The van der Waals surface area contributed by atoms with Crippen molar-refractivity contribution in [1.82, 2.24) is 0 Å². The summed E-state index contributed by atoms with van der Waals surface area (Å²) in [6.45, 7) is 0.435. The van der Waals surface area contributed by atoms with E-state index < -0.39 is 17.0 Å². The Balaban J connectivity index is 0.000000448. The van der Waals surface area contributed by atoms with E-state index in [9.17, 15) is 5.11 Å². The Labute approximate surface area is 158 Å². The van der Waals surface area contributed by atoms with Crippen LogP contribution in [0.4, 0.5) is 0 Å². The molecule has 0 radical (unpaired) electrons. The number of rotatable bonds is 1. The van der Waals surface area contributed by atoms with Crippen LogP contribution in [0.2, 0.25) is 0 Å². The van der Waals surface area contributed by atoms with Gasteiger partial charge >= 0.3 is 35.6 Å². The summed E-state index contributed by atoms with van der Waals surface area (Å²) in [7, 11) is 9.78. The summed E-state index contributed by atoms with van der Waals surface area (Å²) >= 11 is -0.556. The van der Waals surface area contributed by atoms with Crippen LogP contribution < -0.4 is 0 Å². The molecule has 3 saturated carbocycles. The third-order valence-electron chi connectivity index (χ3n) is 6.98. The molecule has 4 heteroatoms. The van der Waals surface area contributed by atoms with Crippen molar-refractivity contribution in [3.05, 3.63) is 31.7 Å². The van der Waals surface area contributed by atoms with E-state index in [4.69, 9.17) is 18.6 Å². The van der Waals surface area contributed by atoms with E-state index in [-0.39, 0.29) is 7.43 Å². The fourth-order valence-corrected chi connectivity index (χ4v) is 6.27. The normalized spacial score (nSPS) is 43.2. The maximum absolute atomic E-state index is 9.83. The molecule has 130 valence electrons. The quantitative estimate of drug-likeness (QED) is 0.444. The Bertz CT molecular complexity index is 439. The van der Waals surface area contributed by atoms with Crippen LogP contribution in [0.3, 0.4) is 0 Å². The van der Waals surface area contributed by atoms with Crippen molar-refractivity contribution in [2.45, 2.75) is 44.9 Å². The molecule has 1 spiro atoms. The molecule has 4 aliphatic rings. The number of halogens is 2. The Hall–Kier alpha value is 0.734. The summed E-state index contributed by atoms with van der Waals surface area (Å²) in [5.41, 5.74) is 0.511. The summed E-state index contributed by atoms with van der Waals surface area (Å²) in [6.07, 6.45) is 19.1. The van der Waals surface area contributed by atoms with Crippen LogP contribution in [0.5, 0.6) is 0 Å². The van der Waals surface area contributed by atoms with Crippen molar-refractivity contribution in [2.24, 2.45) is 35.0 Å². The average molecular weight is 392 g/mol. The standard InChI is InChI=1S/C18H26O.CH3.2ClH.Ti/c19-12-14-6-3-9-18(14)10-4-8-16-15-7-2-1-5-13(15)11-17(16)18;;;;/h1-2,5,7,13-17,19H,3-4,6,8-12H2;1H3;2*1H;/q;-1;;;+2/p-2/t13?,14-,15?,16?,17?,18+;;;;/m0..../s1. The van der Waals surface area contributed by atoms with E-state index in [0.717, 1.165) is 23.7 Å². The summed E-state index contributed by atoms with van der Waals surface area (Å²) in [5.74, 6) is 4.02. The van der Waals surface area contributed by atoms with Crippen molar-refractivity contribution >= 4 is 18.6 Å². The number of aliphatic hydroxyl groups is 1. The fraction of sp³-hybridized carbons (Fsp3) is 0.737. The summed E-state index contributed by atoms with van der Waals surface area (Å²) < 4.78 is 0. The molecule has 0 bridgehead atoms. The maximum atomic E-state index is 9.83. The molecule has 4 unspecified atom stereocenters. The number of allylic oxidation sites excluding steroid dienone is 4. The van der Waals surface area contributed by atoms with E-state index in [2.05, 4.69) is 24.3 Å². The molecule has 0 heterocycles. The number of aliphatic hydroxyl groups excluding tert-OH is 1. The molecule has 0 aromatic rings. The van der Waals surface area contributed by atoms with Crippen LogP contribution in [-0.2, 0) is 17.0 Å². The second kappa shape index (κ2) is 8.90. The van der Waals surface area contributed by atoms with Gasteiger partial charge < -0.3 is 12.5 Å². The van der Waals surface area contributed by atoms with Gasteiger partial charge in [-0.2, -0.15) is 0 Å². The van der Waals surface area contributed by atoms with Gasteiger partial charge in [0.2, 0.25) is 0 Å². The van der Waals surface area contributed by atoms with Crippen LogP contribution >= 0.6 is 18.6 Å². The molecule has 1 N–H and O–H groups in total. The minimum absolute atomic E-state index is 0. The van der Waals surface area contributed by atoms with Gasteiger partial charge in [-0.15, -0.1) is 0 Å². The van der Waals surface area contributed by atoms with E-state index >= 15 is 0 Å². The summed E-state index contributed by atoms with van der Waals surface area (Å²) in [5, 5.41) is 9.83. The van der Waals surface area contributed by atoms with Crippen LogP contribution in [0.1, 0.15) is 44.9 Å². The van der Waals surface area contributed by atoms with E-state index in [1.54, 1.807) is 0 Å². The predicted octanol–water partition coefficient (Wildman–Crippen LogP) is 5.77. The van der Waals surface area contributed by atoms with E-state index in [1.165, 1.54) is 44.9 Å². The van der Waals surface area contributed by atoms with E-state index in [1.807, 2.05) is 0 Å². The first-order valence-electron chi connectivity index (χ1n) is 8.69. The monoisotopic (exact) mass is 391 g/mol. The van der Waals surface area contributed by atoms with E-state index in [0.29, 0.717) is 17.9 Å². The van der Waals surface area contributed by atoms with Gasteiger partial charge in [0, 0.05) is 6.61 Å². The Morgan fingerprint density at radius 2 is 1.74 bits per heavy atom. The van der Waals surface area contributed by atoms with Gasteiger partial charge in [0.15, 0.2) is 0 Å². The summed E-state index contributed by atoms with van der Waals surface area (Å²) in [4.78, 5) is 0. The van der Waals surface area contributed by atoms with Gasteiger partial charge in [0.05, 0.1) is 0 Å². The van der Waals surface area contributed by atoms with Crippen molar-refractivity contribution in [3.8, 4) is 0 Å². The van der Waals surface area contributed by atoms with Crippen LogP contribution in [0.25, 0.3) is 0 Å². The fourth-order valence-electron chi connectivity index (χ4n) is 6.27. The molecule has 0 amide bonds. The molecular formula is C19H29Cl2OTi-. The first kappa shape index (κ1) is 20.1. The van der Waals surface area contributed by atoms with Gasteiger partial charge in [0.1, 0.15) is 0 Å². The zero-order valence-corrected chi connectivity index (χ0v) is 17.1. The summed E-state index contributed by atoms with van der Waals surface area (Å²) in [6, 6.07) is 0. The first-order valence-corrected chi connectivity index (χ1v) is 13.0. The molecule has 0 aromatic heterocycles. The van der Waals surface area contributed by atoms with Crippen LogP contribution in [0.15, 0.2) is 24.3 Å².